The normalized spacial score (nSPS) is 16.2. The van der Waals surface area contributed by atoms with E-state index in [4.69, 9.17) is 4.74 Å². The molecule has 0 radical (unpaired) electrons. The zero-order chi connectivity index (χ0) is 18.4. The van der Waals surface area contributed by atoms with Crippen LogP contribution in [0.25, 0.3) is 0 Å². The van der Waals surface area contributed by atoms with Crippen molar-refractivity contribution in [3.8, 4) is 11.5 Å². The second kappa shape index (κ2) is 8.72. The topological polar surface area (TPSA) is 44.8 Å². The Morgan fingerprint density at radius 2 is 1.62 bits per heavy atom. The molecule has 0 aromatic heterocycles. The second-order valence-corrected chi connectivity index (χ2v) is 6.65. The lowest BCUT2D eigenvalue weighted by molar-refractivity contribution is 0.117. The summed E-state index contributed by atoms with van der Waals surface area (Å²) in [4.78, 5) is 16.8. The van der Waals surface area contributed by atoms with Crippen molar-refractivity contribution in [2.75, 3.05) is 31.5 Å². The smallest absolute Gasteiger partial charge is 0.321 e. The van der Waals surface area contributed by atoms with Crippen LogP contribution in [-0.4, -0.2) is 48.1 Å². The molecule has 3 rings (SSSR count). The average Bonchev–Trinajstić information content (AvgIpc) is 2.70. The maximum atomic E-state index is 12.5. The van der Waals surface area contributed by atoms with Crippen LogP contribution in [0.15, 0.2) is 54.6 Å². The Morgan fingerprint density at radius 3 is 2.23 bits per heavy atom. The minimum atomic E-state index is -0.0365. The molecule has 1 N–H and O–H groups in total. The third-order valence-corrected chi connectivity index (χ3v) is 4.90. The second-order valence-electron chi connectivity index (χ2n) is 6.65. The van der Waals surface area contributed by atoms with Gasteiger partial charge in [-0.2, -0.15) is 0 Å². The summed E-state index contributed by atoms with van der Waals surface area (Å²) in [5.74, 6) is 1.54. The van der Waals surface area contributed by atoms with Crippen molar-refractivity contribution in [2.24, 2.45) is 0 Å². The Morgan fingerprint density at radius 1 is 1.00 bits per heavy atom. The molecule has 1 aliphatic rings. The first-order chi connectivity index (χ1) is 12.7. The van der Waals surface area contributed by atoms with E-state index in [1.165, 1.54) is 0 Å². The Hall–Kier alpha value is -2.53. The number of urea groups is 1. The summed E-state index contributed by atoms with van der Waals surface area (Å²) in [6, 6.07) is 17.7. The number of carbonyl (C=O) groups is 1. The number of nitrogens with zero attached hydrogens (tertiary/aromatic N) is 2. The molecule has 0 saturated carbocycles. The van der Waals surface area contributed by atoms with E-state index in [9.17, 15) is 4.79 Å². The van der Waals surface area contributed by atoms with Gasteiger partial charge in [0.05, 0.1) is 0 Å². The van der Waals surface area contributed by atoms with Crippen molar-refractivity contribution in [1.29, 1.82) is 0 Å². The van der Waals surface area contributed by atoms with E-state index in [-0.39, 0.29) is 6.03 Å². The first-order valence-corrected chi connectivity index (χ1v) is 9.28. The lowest BCUT2D eigenvalue weighted by atomic mass is 10.2. The van der Waals surface area contributed by atoms with Gasteiger partial charge in [0.25, 0.3) is 0 Å². The SMILES string of the molecule is CCC(C)N1CCN(C(=O)Nc2ccc(Oc3ccccc3)cc2)CC1. The van der Waals surface area contributed by atoms with Crippen LogP contribution in [0, 0.1) is 0 Å². The summed E-state index contributed by atoms with van der Waals surface area (Å²) in [6.07, 6.45) is 1.14. The molecule has 1 unspecified atom stereocenters. The Bertz CT molecular complexity index is 695. The summed E-state index contributed by atoms with van der Waals surface area (Å²) in [5, 5.41) is 2.97. The largest absolute Gasteiger partial charge is 0.457 e. The third kappa shape index (κ3) is 4.76. The fraction of sp³-hybridized carbons (Fsp3) is 0.381. The Labute approximate surface area is 155 Å². The molecule has 1 fully saturated rings. The maximum absolute atomic E-state index is 12.5. The number of hydrogen-bond acceptors (Lipinski definition) is 3. The number of anilines is 1. The third-order valence-electron chi connectivity index (χ3n) is 4.90. The van der Waals surface area contributed by atoms with Crippen LogP contribution in [0.1, 0.15) is 20.3 Å². The van der Waals surface area contributed by atoms with Crippen LogP contribution in [0.2, 0.25) is 0 Å². The van der Waals surface area contributed by atoms with Crippen molar-refractivity contribution >= 4 is 11.7 Å². The molecule has 0 bridgehead atoms. The minimum Gasteiger partial charge on any atom is -0.457 e. The van der Waals surface area contributed by atoms with Gasteiger partial charge >= 0.3 is 6.03 Å². The molecule has 1 saturated heterocycles. The van der Waals surface area contributed by atoms with Crippen molar-refractivity contribution in [1.82, 2.24) is 9.80 Å². The van der Waals surface area contributed by atoms with Gasteiger partial charge in [-0.3, -0.25) is 4.90 Å². The number of amides is 2. The molecular weight excluding hydrogens is 326 g/mol. The maximum Gasteiger partial charge on any atom is 0.321 e. The first-order valence-electron chi connectivity index (χ1n) is 9.28. The molecule has 2 aromatic rings. The summed E-state index contributed by atoms with van der Waals surface area (Å²) in [6.45, 7) is 7.86. The molecule has 26 heavy (non-hydrogen) atoms. The van der Waals surface area contributed by atoms with Gasteiger partial charge in [0.15, 0.2) is 0 Å². The predicted molar refractivity (Wildman–Crippen MR) is 105 cm³/mol. The first kappa shape index (κ1) is 18.3. The summed E-state index contributed by atoms with van der Waals surface area (Å²) in [7, 11) is 0. The molecule has 5 nitrogen and oxygen atoms in total. The molecule has 0 spiro atoms. The lowest BCUT2D eigenvalue weighted by Crippen LogP contribution is -2.52. The van der Waals surface area contributed by atoms with Crippen LogP contribution < -0.4 is 10.1 Å². The zero-order valence-electron chi connectivity index (χ0n) is 15.5. The van der Waals surface area contributed by atoms with Crippen LogP contribution in [0.4, 0.5) is 10.5 Å². The lowest BCUT2D eigenvalue weighted by Gasteiger charge is -2.37. The van der Waals surface area contributed by atoms with Gasteiger partial charge in [0.1, 0.15) is 11.5 Å². The predicted octanol–water partition coefficient (Wildman–Crippen LogP) is 4.43. The standard InChI is InChI=1S/C21H27N3O2/c1-3-17(2)23-13-15-24(16-14-23)21(25)22-18-9-11-20(12-10-18)26-19-7-5-4-6-8-19/h4-12,17H,3,13-16H2,1-2H3,(H,22,25). The average molecular weight is 353 g/mol. The van der Waals surface area contributed by atoms with Crippen molar-refractivity contribution in [2.45, 2.75) is 26.3 Å². The van der Waals surface area contributed by atoms with E-state index in [1.807, 2.05) is 59.5 Å². The van der Waals surface area contributed by atoms with E-state index >= 15 is 0 Å². The molecule has 5 heteroatoms. The molecule has 1 aliphatic heterocycles. The van der Waals surface area contributed by atoms with E-state index in [0.29, 0.717) is 6.04 Å². The number of para-hydroxylation sites is 1. The fourth-order valence-electron chi connectivity index (χ4n) is 3.06. The summed E-state index contributed by atoms with van der Waals surface area (Å²) >= 11 is 0. The number of carbonyl (C=O) groups excluding carboxylic acids is 1. The van der Waals surface area contributed by atoms with Crippen LogP contribution >= 0.6 is 0 Å². The van der Waals surface area contributed by atoms with E-state index in [0.717, 1.165) is 49.8 Å². The Kier molecular flexibility index (Phi) is 6.12. The number of hydrogen-bond donors (Lipinski definition) is 1. The molecule has 1 heterocycles. The number of nitrogens with one attached hydrogen (secondary N) is 1. The minimum absolute atomic E-state index is 0.0365. The number of rotatable bonds is 5. The van der Waals surface area contributed by atoms with Crippen molar-refractivity contribution in [3.63, 3.8) is 0 Å². The summed E-state index contributed by atoms with van der Waals surface area (Å²) < 4.78 is 5.77. The highest BCUT2D eigenvalue weighted by Gasteiger charge is 2.23. The molecule has 2 amide bonds. The van der Waals surface area contributed by atoms with Gasteiger partial charge in [0, 0.05) is 37.9 Å². The Balaban J connectivity index is 1.50. The van der Waals surface area contributed by atoms with E-state index in [2.05, 4.69) is 24.1 Å². The number of piperazine rings is 1. The zero-order valence-corrected chi connectivity index (χ0v) is 15.5. The van der Waals surface area contributed by atoms with Gasteiger partial charge in [0.2, 0.25) is 0 Å². The molecule has 138 valence electrons. The van der Waals surface area contributed by atoms with Crippen LogP contribution in [-0.2, 0) is 0 Å². The van der Waals surface area contributed by atoms with E-state index in [1.54, 1.807) is 0 Å². The fourth-order valence-corrected chi connectivity index (χ4v) is 3.06. The molecule has 0 aliphatic carbocycles. The number of benzene rings is 2. The van der Waals surface area contributed by atoms with Crippen molar-refractivity contribution in [3.05, 3.63) is 54.6 Å². The highest BCUT2D eigenvalue weighted by atomic mass is 16.5. The molecular formula is C21H27N3O2. The quantitative estimate of drug-likeness (QED) is 0.865. The summed E-state index contributed by atoms with van der Waals surface area (Å²) in [5.41, 5.74) is 0.778. The van der Waals surface area contributed by atoms with Gasteiger partial charge in [-0.25, -0.2) is 4.79 Å². The molecule has 1 atom stereocenters. The van der Waals surface area contributed by atoms with Crippen LogP contribution in [0.3, 0.4) is 0 Å². The molecule has 2 aromatic carbocycles. The van der Waals surface area contributed by atoms with Crippen LogP contribution in [0.5, 0.6) is 11.5 Å². The van der Waals surface area contributed by atoms with E-state index < -0.39 is 0 Å². The van der Waals surface area contributed by atoms with Gasteiger partial charge in [-0.05, 0) is 49.7 Å². The monoisotopic (exact) mass is 353 g/mol. The highest BCUT2D eigenvalue weighted by molar-refractivity contribution is 5.89. The highest BCUT2D eigenvalue weighted by Crippen LogP contribution is 2.22. The van der Waals surface area contributed by atoms with Gasteiger partial charge in [-0.1, -0.05) is 25.1 Å². The van der Waals surface area contributed by atoms with Gasteiger partial charge < -0.3 is 15.0 Å². The van der Waals surface area contributed by atoms with Gasteiger partial charge in [-0.15, -0.1) is 0 Å². The van der Waals surface area contributed by atoms with Crippen molar-refractivity contribution < 1.29 is 9.53 Å². The number of ether oxygens (including phenoxy) is 1.